The van der Waals surface area contributed by atoms with E-state index in [0.29, 0.717) is 17.6 Å². The molecule has 0 aliphatic heterocycles. The minimum Gasteiger partial charge on any atom is -0.481 e. The van der Waals surface area contributed by atoms with Crippen LogP contribution in [0.4, 0.5) is 5.95 Å². The summed E-state index contributed by atoms with van der Waals surface area (Å²) in [6, 6.07) is 0. The van der Waals surface area contributed by atoms with Gasteiger partial charge in [-0.05, 0) is 19.5 Å². The summed E-state index contributed by atoms with van der Waals surface area (Å²) in [4.78, 5) is 12.9. The topological polar surface area (TPSA) is 97.3 Å². The molecule has 0 fully saturated rings. The molecule has 0 unspecified atom stereocenters. The van der Waals surface area contributed by atoms with E-state index in [2.05, 4.69) is 28.9 Å². The number of aromatic nitrogens is 3. The summed E-state index contributed by atoms with van der Waals surface area (Å²) in [6.07, 6.45) is 1.10. The highest BCUT2D eigenvalue weighted by atomic mass is 32.2. The van der Waals surface area contributed by atoms with E-state index in [9.17, 15) is 4.79 Å². The zero-order valence-corrected chi connectivity index (χ0v) is 12.2. The smallest absolute Gasteiger partial charge is 0.313 e. The van der Waals surface area contributed by atoms with Crippen LogP contribution in [0.3, 0.4) is 0 Å². The van der Waals surface area contributed by atoms with E-state index in [-0.39, 0.29) is 5.75 Å². The van der Waals surface area contributed by atoms with Gasteiger partial charge in [-0.1, -0.05) is 25.6 Å². The molecule has 0 saturated heterocycles. The van der Waals surface area contributed by atoms with Gasteiger partial charge in [-0.15, -0.1) is 10.2 Å². The number of carboxylic acid groups (broad SMARTS) is 1. The van der Waals surface area contributed by atoms with Crippen molar-refractivity contribution in [1.82, 2.24) is 19.7 Å². The first-order valence-electron chi connectivity index (χ1n) is 6.34. The van der Waals surface area contributed by atoms with Crippen molar-refractivity contribution in [1.29, 1.82) is 0 Å². The Morgan fingerprint density at radius 2 is 2.16 bits per heavy atom. The van der Waals surface area contributed by atoms with Gasteiger partial charge in [0, 0.05) is 13.1 Å². The Bertz CT molecular complexity index is 410. The number of nitrogens with zero attached hydrogens (tertiary/aromatic N) is 4. The predicted octanol–water partition coefficient (Wildman–Crippen LogP) is 0.769. The van der Waals surface area contributed by atoms with Gasteiger partial charge in [0.2, 0.25) is 5.95 Å². The predicted molar refractivity (Wildman–Crippen MR) is 75.2 cm³/mol. The summed E-state index contributed by atoms with van der Waals surface area (Å²) in [7, 11) is 0. The molecular weight excluding hydrogens is 266 g/mol. The Morgan fingerprint density at radius 3 is 2.74 bits per heavy atom. The Morgan fingerprint density at radius 1 is 1.42 bits per heavy atom. The van der Waals surface area contributed by atoms with Crippen LogP contribution in [0.25, 0.3) is 0 Å². The number of nitrogen functional groups attached to an aromatic ring is 1. The van der Waals surface area contributed by atoms with Gasteiger partial charge in [0.05, 0.1) is 5.75 Å². The fourth-order valence-corrected chi connectivity index (χ4v) is 2.42. The highest BCUT2D eigenvalue weighted by molar-refractivity contribution is 7.99. The molecule has 0 radical (unpaired) electrons. The highest BCUT2D eigenvalue weighted by Crippen LogP contribution is 2.17. The van der Waals surface area contributed by atoms with E-state index in [0.717, 1.165) is 37.8 Å². The average Bonchev–Trinajstić information content (AvgIpc) is 2.73. The molecule has 7 nitrogen and oxygen atoms in total. The molecule has 8 heteroatoms. The van der Waals surface area contributed by atoms with Crippen LogP contribution in [-0.2, 0) is 11.3 Å². The summed E-state index contributed by atoms with van der Waals surface area (Å²) in [5.74, 6) is -0.579. The van der Waals surface area contributed by atoms with Crippen molar-refractivity contribution in [2.24, 2.45) is 0 Å². The van der Waals surface area contributed by atoms with Crippen molar-refractivity contribution in [3.05, 3.63) is 0 Å². The fourth-order valence-electron chi connectivity index (χ4n) is 1.73. The van der Waals surface area contributed by atoms with E-state index < -0.39 is 5.97 Å². The second kappa shape index (κ2) is 8.00. The zero-order chi connectivity index (χ0) is 14.3. The molecule has 108 valence electrons. The summed E-state index contributed by atoms with van der Waals surface area (Å²) < 4.78 is 1.77. The first kappa shape index (κ1) is 15.8. The Labute approximate surface area is 117 Å². The number of thioether (sulfide) groups is 1. The van der Waals surface area contributed by atoms with Crippen molar-refractivity contribution in [2.45, 2.75) is 32.0 Å². The van der Waals surface area contributed by atoms with Crippen LogP contribution >= 0.6 is 11.8 Å². The molecule has 0 saturated carbocycles. The van der Waals surface area contributed by atoms with Gasteiger partial charge in [0.25, 0.3) is 0 Å². The Balaban J connectivity index is 2.60. The SMILES string of the molecule is CCCN(CC)CCn1c(N)nnc1SCC(=O)O. The van der Waals surface area contributed by atoms with Gasteiger partial charge in [0.1, 0.15) is 0 Å². The molecule has 0 amide bonds. The first-order chi connectivity index (χ1) is 9.08. The van der Waals surface area contributed by atoms with Crippen molar-refractivity contribution >= 4 is 23.7 Å². The van der Waals surface area contributed by atoms with Gasteiger partial charge in [-0.25, -0.2) is 0 Å². The quantitative estimate of drug-likeness (QED) is 0.647. The summed E-state index contributed by atoms with van der Waals surface area (Å²) >= 11 is 1.14. The maximum absolute atomic E-state index is 10.6. The first-order valence-corrected chi connectivity index (χ1v) is 7.32. The standard InChI is InChI=1S/C11H21N5O2S/c1-3-5-15(4-2)6-7-16-10(12)13-14-11(16)19-8-9(17)18/h3-8H2,1-2H3,(H2,12,13)(H,17,18). The van der Waals surface area contributed by atoms with Gasteiger partial charge in [0.15, 0.2) is 5.16 Å². The summed E-state index contributed by atoms with van der Waals surface area (Å²) in [5.41, 5.74) is 5.76. The van der Waals surface area contributed by atoms with Gasteiger partial charge in [-0.3, -0.25) is 9.36 Å². The largest absolute Gasteiger partial charge is 0.481 e. The van der Waals surface area contributed by atoms with Crippen molar-refractivity contribution < 1.29 is 9.90 Å². The molecule has 0 aliphatic rings. The monoisotopic (exact) mass is 287 g/mol. The van der Waals surface area contributed by atoms with Crippen molar-refractivity contribution in [3.8, 4) is 0 Å². The Kier molecular flexibility index (Phi) is 6.65. The molecule has 1 rings (SSSR count). The van der Waals surface area contributed by atoms with Crippen LogP contribution in [0.15, 0.2) is 5.16 Å². The maximum atomic E-state index is 10.6. The van der Waals surface area contributed by atoms with Gasteiger partial charge < -0.3 is 15.7 Å². The lowest BCUT2D eigenvalue weighted by atomic mass is 10.4. The molecule has 3 N–H and O–H groups in total. The third-order valence-electron chi connectivity index (χ3n) is 2.70. The van der Waals surface area contributed by atoms with Crippen LogP contribution < -0.4 is 5.73 Å². The molecule has 0 atom stereocenters. The number of aliphatic carboxylic acids is 1. The number of anilines is 1. The second-order valence-electron chi connectivity index (χ2n) is 4.11. The second-order valence-corrected chi connectivity index (χ2v) is 5.05. The van der Waals surface area contributed by atoms with E-state index >= 15 is 0 Å². The van der Waals surface area contributed by atoms with Crippen molar-refractivity contribution in [2.75, 3.05) is 31.1 Å². The van der Waals surface area contributed by atoms with Crippen LogP contribution in [0, 0.1) is 0 Å². The number of hydrogen-bond acceptors (Lipinski definition) is 6. The molecule has 19 heavy (non-hydrogen) atoms. The minimum atomic E-state index is -0.876. The van der Waals surface area contributed by atoms with E-state index in [1.54, 1.807) is 4.57 Å². The lowest BCUT2D eigenvalue weighted by molar-refractivity contribution is -0.133. The van der Waals surface area contributed by atoms with E-state index in [1.165, 1.54) is 0 Å². The van der Waals surface area contributed by atoms with Crippen LogP contribution in [0.1, 0.15) is 20.3 Å². The number of nitrogens with two attached hydrogens (primary N) is 1. The molecule has 0 aromatic carbocycles. The number of carboxylic acids is 1. The third kappa shape index (κ3) is 5.07. The molecule has 1 heterocycles. The van der Waals surface area contributed by atoms with Crippen LogP contribution in [0.5, 0.6) is 0 Å². The molecule has 0 bridgehead atoms. The lowest BCUT2D eigenvalue weighted by Gasteiger charge is -2.20. The molecule has 1 aromatic heterocycles. The number of likely N-dealkylation sites (N-methyl/N-ethyl adjacent to an activating group) is 1. The zero-order valence-electron chi connectivity index (χ0n) is 11.4. The average molecular weight is 287 g/mol. The van der Waals surface area contributed by atoms with Gasteiger partial charge >= 0.3 is 5.97 Å². The van der Waals surface area contributed by atoms with E-state index in [1.807, 2.05) is 0 Å². The molecule has 0 spiro atoms. The van der Waals surface area contributed by atoms with Gasteiger partial charge in [-0.2, -0.15) is 0 Å². The minimum absolute atomic E-state index is 0.0371. The highest BCUT2D eigenvalue weighted by Gasteiger charge is 2.12. The molecular formula is C11H21N5O2S. The fraction of sp³-hybridized carbons (Fsp3) is 0.727. The lowest BCUT2D eigenvalue weighted by Crippen LogP contribution is -2.28. The van der Waals surface area contributed by atoms with Crippen LogP contribution in [0.2, 0.25) is 0 Å². The summed E-state index contributed by atoms with van der Waals surface area (Å²) in [6.45, 7) is 7.81. The number of carbonyl (C=O) groups is 1. The summed E-state index contributed by atoms with van der Waals surface area (Å²) in [5, 5.41) is 17.0. The molecule has 0 aliphatic carbocycles. The van der Waals surface area contributed by atoms with E-state index in [4.69, 9.17) is 10.8 Å². The molecule has 1 aromatic rings. The number of rotatable bonds is 9. The normalized spacial score (nSPS) is 11.1. The van der Waals surface area contributed by atoms with Crippen LogP contribution in [-0.4, -0.2) is 56.1 Å². The van der Waals surface area contributed by atoms with Crippen molar-refractivity contribution in [3.63, 3.8) is 0 Å². The third-order valence-corrected chi connectivity index (χ3v) is 3.65. The number of hydrogen-bond donors (Lipinski definition) is 2. The maximum Gasteiger partial charge on any atom is 0.313 e. The Hall–Kier alpha value is -1.28.